The van der Waals surface area contributed by atoms with Gasteiger partial charge in [-0.25, -0.2) is 0 Å². The smallest absolute Gasteiger partial charge is 0.00484 e. The SMILES string of the molecule is Cc1cccs1.ClC=Cc1ccccc1. The number of halogens is 1. The van der Waals surface area contributed by atoms with E-state index in [1.165, 1.54) is 10.4 Å². The van der Waals surface area contributed by atoms with Crippen LogP contribution in [0.2, 0.25) is 0 Å². The van der Waals surface area contributed by atoms with Crippen molar-refractivity contribution in [2.75, 3.05) is 0 Å². The summed E-state index contributed by atoms with van der Waals surface area (Å²) in [7, 11) is 0. The van der Waals surface area contributed by atoms with Crippen LogP contribution in [0.5, 0.6) is 0 Å². The first-order valence-electron chi connectivity index (χ1n) is 4.65. The van der Waals surface area contributed by atoms with Gasteiger partial charge in [0.1, 0.15) is 0 Å². The number of benzene rings is 1. The van der Waals surface area contributed by atoms with Crippen molar-refractivity contribution >= 4 is 29.0 Å². The topological polar surface area (TPSA) is 0 Å². The maximum absolute atomic E-state index is 5.36. The van der Waals surface area contributed by atoms with Crippen molar-refractivity contribution in [3.8, 4) is 0 Å². The maximum Gasteiger partial charge on any atom is 0.00484 e. The molecule has 1 aromatic carbocycles. The number of rotatable bonds is 1. The average molecular weight is 237 g/mol. The fourth-order valence-electron chi connectivity index (χ4n) is 0.998. The summed E-state index contributed by atoms with van der Waals surface area (Å²) in [6, 6.07) is 14.1. The number of thiophene rings is 1. The first-order chi connectivity index (χ1) is 7.33. The van der Waals surface area contributed by atoms with E-state index in [0.717, 1.165) is 5.56 Å². The van der Waals surface area contributed by atoms with Gasteiger partial charge < -0.3 is 0 Å². The van der Waals surface area contributed by atoms with Gasteiger partial charge in [-0.05, 0) is 30.0 Å². The Kier molecular flexibility index (Phi) is 5.83. The molecule has 15 heavy (non-hydrogen) atoms. The Labute approximate surface area is 99.8 Å². The fraction of sp³-hybridized carbons (Fsp3) is 0.0769. The molecule has 0 N–H and O–H groups in total. The molecule has 2 aromatic rings. The van der Waals surface area contributed by atoms with E-state index < -0.39 is 0 Å². The molecule has 0 aliphatic heterocycles. The van der Waals surface area contributed by atoms with E-state index >= 15 is 0 Å². The number of aryl methyl sites for hydroxylation is 1. The van der Waals surface area contributed by atoms with E-state index in [9.17, 15) is 0 Å². The van der Waals surface area contributed by atoms with Gasteiger partial charge in [0.05, 0.1) is 0 Å². The highest BCUT2D eigenvalue weighted by molar-refractivity contribution is 7.09. The van der Waals surface area contributed by atoms with Crippen LogP contribution in [-0.4, -0.2) is 0 Å². The molecule has 0 spiro atoms. The molecule has 1 heterocycles. The standard InChI is InChI=1S/C8H7Cl.C5H6S/c9-7-6-8-4-2-1-3-5-8;1-5-3-2-4-6-5/h1-7H;2-4H,1H3. The average Bonchev–Trinajstić information content (AvgIpc) is 2.72. The van der Waals surface area contributed by atoms with E-state index in [0.29, 0.717) is 0 Å². The van der Waals surface area contributed by atoms with Gasteiger partial charge in [-0.1, -0.05) is 48.0 Å². The van der Waals surface area contributed by atoms with E-state index in [1.807, 2.05) is 36.4 Å². The summed E-state index contributed by atoms with van der Waals surface area (Å²) in [6.45, 7) is 2.10. The van der Waals surface area contributed by atoms with Crippen LogP contribution >= 0.6 is 22.9 Å². The van der Waals surface area contributed by atoms with Crippen molar-refractivity contribution in [1.82, 2.24) is 0 Å². The molecule has 0 atom stereocenters. The Morgan fingerprint density at radius 3 is 2.20 bits per heavy atom. The minimum Gasteiger partial charge on any atom is -0.149 e. The molecule has 78 valence electrons. The first-order valence-corrected chi connectivity index (χ1v) is 5.96. The van der Waals surface area contributed by atoms with Crippen LogP contribution in [-0.2, 0) is 0 Å². The van der Waals surface area contributed by atoms with Gasteiger partial charge in [0, 0.05) is 10.4 Å². The zero-order valence-corrected chi connectivity index (χ0v) is 10.1. The van der Waals surface area contributed by atoms with Gasteiger partial charge >= 0.3 is 0 Å². The maximum atomic E-state index is 5.36. The lowest BCUT2D eigenvalue weighted by atomic mass is 10.2. The molecule has 1 aromatic heterocycles. The molecule has 0 aliphatic carbocycles. The molecule has 0 bridgehead atoms. The molecule has 0 saturated carbocycles. The lowest BCUT2D eigenvalue weighted by Crippen LogP contribution is -1.64. The van der Waals surface area contributed by atoms with Crippen molar-refractivity contribution in [1.29, 1.82) is 0 Å². The molecule has 0 radical (unpaired) electrons. The minimum absolute atomic E-state index is 1.13. The zero-order chi connectivity index (χ0) is 10.9. The molecular formula is C13H13ClS. The third kappa shape index (κ3) is 5.40. The fourth-order valence-corrected chi connectivity index (χ4v) is 1.67. The van der Waals surface area contributed by atoms with Crippen molar-refractivity contribution in [2.45, 2.75) is 6.92 Å². The second-order valence-electron chi connectivity index (χ2n) is 2.93. The van der Waals surface area contributed by atoms with E-state index in [-0.39, 0.29) is 0 Å². The highest BCUT2D eigenvalue weighted by Gasteiger charge is 1.78. The molecule has 2 rings (SSSR count). The molecule has 0 amide bonds. The van der Waals surface area contributed by atoms with Gasteiger partial charge in [-0.2, -0.15) is 0 Å². The second-order valence-corrected chi connectivity index (χ2v) is 4.33. The highest BCUT2D eigenvalue weighted by atomic mass is 35.5. The van der Waals surface area contributed by atoms with Crippen LogP contribution in [0.4, 0.5) is 0 Å². The van der Waals surface area contributed by atoms with Crippen molar-refractivity contribution < 1.29 is 0 Å². The molecule has 2 heteroatoms. The Morgan fingerprint density at radius 1 is 1.07 bits per heavy atom. The predicted molar refractivity (Wildman–Crippen MR) is 70.4 cm³/mol. The number of hydrogen-bond acceptors (Lipinski definition) is 1. The summed E-state index contributed by atoms with van der Waals surface area (Å²) < 4.78 is 0. The Balaban J connectivity index is 0.000000162. The van der Waals surface area contributed by atoms with Crippen molar-refractivity contribution in [2.24, 2.45) is 0 Å². The van der Waals surface area contributed by atoms with Crippen LogP contribution in [0, 0.1) is 6.92 Å². The van der Waals surface area contributed by atoms with Crippen LogP contribution in [0.1, 0.15) is 10.4 Å². The summed E-state index contributed by atoms with van der Waals surface area (Å²) >= 11 is 7.13. The number of hydrogen-bond donors (Lipinski definition) is 0. The van der Waals surface area contributed by atoms with E-state index in [2.05, 4.69) is 24.4 Å². The van der Waals surface area contributed by atoms with Gasteiger partial charge in [-0.15, -0.1) is 11.3 Å². The van der Waals surface area contributed by atoms with Crippen LogP contribution in [0.3, 0.4) is 0 Å². The second kappa shape index (κ2) is 7.27. The zero-order valence-electron chi connectivity index (χ0n) is 8.56. The molecule has 0 saturated heterocycles. The van der Waals surface area contributed by atoms with Gasteiger partial charge in [0.2, 0.25) is 0 Å². The van der Waals surface area contributed by atoms with Crippen molar-refractivity contribution in [3.63, 3.8) is 0 Å². The normalized spacial score (nSPS) is 9.73. The summed E-state index contributed by atoms with van der Waals surface area (Å²) in [5.41, 5.74) is 2.64. The van der Waals surface area contributed by atoms with Gasteiger partial charge in [0.15, 0.2) is 0 Å². The van der Waals surface area contributed by atoms with Crippen LogP contribution in [0.15, 0.2) is 53.4 Å². The van der Waals surface area contributed by atoms with E-state index in [1.54, 1.807) is 11.3 Å². The van der Waals surface area contributed by atoms with Crippen LogP contribution in [0.25, 0.3) is 6.08 Å². The predicted octanol–water partition coefficient (Wildman–Crippen LogP) is 4.95. The quantitative estimate of drug-likeness (QED) is 0.657. The first kappa shape index (κ1) is 12.0. The lowest BCUT2D eigenvalue weighted by Gasteiger charge is -1.86. The Morgan fingerprint density at radius 2 is 1.80 bits per heavy atom. The Hall–Kier alpha value is -1.05. The summed E-state index contributed by atoms with van der Waals surface area (Å²) in [5.74, 6) is 0. The lowest BCUT2D eigenvalue weighted by molar-refractivity contribution is 1.64. The van der Waals surface area contributed by atoms with Crippen molar-refractivity contribution in [3.05, 3.63) is 63.8 Å². The summed E-state index contributed by atoms with van der Waals surface area (Å²) in [6.07, 6.45) is 1.85. The van der Waals surface area contributed by atoms with Crippen LogP contribution < -0.4 is 0 Å². The summed E-state index contributed by atoms with van der Waals surface area (Å²) in [4.78, 5) is 1.38. The molecule has 0 aliphatic rings. The molecule has 0 fully saturated rings. The van der Waals surface area contributed by atoms with Gasteiger partial charge in [0.25, 0.3) is 0 Å². The third-order valence-electron chi connectivity index (χ3n) is 1.72. The summed E-state index contributed by atoms with van der Waals surface area (Å²) in [5, 5.41) is 2.08. The highest BCUT2D eigenvalue weighted by Crippen LogP contribution is 2.03. The third-order valence-corrected chi connectivity index (χ3v) is 2.65. The monoisotopic (exact) mass is 236 g/mol. The molecular weight excluding hydrogens is 224 g/mol. The molecule has 0 nitrogen and oxygen atoms in total. The Bertz CT molecular complexity index is 376. The van der Waals surface area contributed by atoms with E-state index in [4.69, 9.17) is 11.6 Å². The van der Waals surface area contributed by atoms with Gasteiger partial charge in [-0.3, -0.25) is 0 Å². The largest absolute Gasteiger partial charge is 0.149 e. The minimum atomic E-state index is 1.13. The molecule has 0 unspecified atom stereocenters.